The molecule has 0 bridgehead atoms. The highest BCUT2D eigenvalue weighted by molar-refractivity contribution is 8.23. The fourth-order valence-electron chi connectivity index (χ4n) is 2.56. The van der Waals surface area contributed by atoms with Crippen molar-refractivity contribution in [2.45, 2.75) is 20.4 Å². The highest BCUT2D eigenvalue weighted by Gasteiger charge is 2.19. The number of para-hydroxylation sites is 1. The molecule has 6 nitrogen and oxygen atoms in total. The van der Waals surface area contributed by atoms with Gasteiger partial charge in [0, 0.05) is 20.1 Å². The molecule has 0 spiro atoms. The largest absolute Gasteiger partial charge is 0.467 e. The number of thiocarbonyl (C=S) groups is 1. The van der Waals surface area contributed by atoms with Gasteiger partial charge in [-0.15, -0.1) is 0 Å². The maximum Gasteiger partial charge on any atom is 0.253 e. The van der Waals surface area contributed by atoms with Gasteiger partial charge < -0.3 is 19.5 Å². The van der Waals surface area contributed by atoms with Crippen LogP contribution >= 0.6 is 24.0 Å². The summed E-state index contributed by atoms with van der Waals surface area (Å²) in [5, 5.41) is 2.81. The molecule has 2 aromatic rings. The van der Waals surface area contributed by atoms with Crippen molar-refractivity contribution in [2.75, 3.05) is 30.8 Å². The van der Waals surface area contributed by atoms with Crippen molar-refractivity contribution < 1.29 is 14.0 Å². The molecule has 8 heteroatoms. The number of anilines is 1. The third kappa shape index (κ3) is 5.84. The van der Waals surface area contributed by atoms with E-state index < -0.39 is 0 Å². The van der Waals surface area contributed by atoms with Gasteiger partial charge in [-0.1, -0.05) is 36.1 Å². The lowest BCUT2D eigenvalue weighted by Crippen LogP contribution is -2.33. The number of benzene rings is 1. The third-order valence-corrected chi connectivity index (χ3v) is 5.74. The Kier molecular flexibility index (Phi) is 8.53. The smallest absolute Gasteiger partial charge is 0.253 e. The standard InChI is InChI=1S/C20H25N3O3S2/c1-4-23(5-2)20(27)28-14-18(24)22(3)17-11-7-6-10-16(17)19(25)21-13-15-9-8-12-26-15/h6-12H,4-5,13-14H2,1-3H3,(H,21,25). The van der Waals surface area contributed by atoms with Crippen molar-refractivity contribution in [3.8, 4) is 0 Å². The number of carbonyl (C=O) groups is 2. The van der Waals surface area contributed by atoms with Gasteiger partial charge in [-0.25, -0.2) is 0 Å². The van der Waals surface area contributed by atoms with E-state index in [0.29, 0.717) is 21.3 Å². The molecule has 0 saturated heterocycles. The second-order valence-electron chi connectivity index (χ2n) is 5.96. The molecular weight excluding hydrogens is 394 g/mol. The Morgan fingerprint density at radius 2 is 1.86 bits per heavy atom. The number of nitrogens with zero attached hydrogens (tertiary/aromatic N) is 2. The molecule has 0 saturated carbocycles. The number of carbonyl (C=O) groups excluding carboxylic acids is 2. The summed E-state index contributed by atoms with van der Waals surface area (Å²) in [6.45, 7) is 5.96. The molecule has 150 valence electrons. The van der Waals surface area contributed by atoms with Crippen LogP contribution in [-0.2, 0) is 11.3 Å². The molecule has 1 heterocycles. The van der Waals surface area contributed by atoms with Crippen LogP contribution in [0.2, 0.25) is 0 Å². The van der Waals surface area contributed by atoms with Crippen molar-refractivity contribution in [3.05, 3.63) is 54.0 Å². The second-order valence-corrected chi connectivity index (χ2v) is 7.57. The first-order chi connectivity index (χ1) is 13.5. The zero-order valence-electron chi connectivity index (χ0n) is 16.3. The van der Waals surface area contributed by atoms with E-state index in [4.69, 9.17) is 16.6 Å². The SMILES string of the molecule is CCN(CC)C(=S)SCC(=O)N(C)c1ccccc1C(=O)NCc1ccco1. The number of rotatable bonds is 8. The molecule has 0 unspecified atom stereocenters. The van der Waals surface area contributed by atoms with Crippen LogP contribution in [0.5, 0.6) is 0 Å². The fourth-order valence-corrected chi connectivity index (χ4v) is 3.88. The van der Waals surface area contributed by atoms with Crippen LogP contribution in [0.3, 0.4) is 0 Å². The molecule has 0 atom stereocenters. The quantitative estimate of drug-likeness (QED) is 0.661. The molecule has 1 aromatic carbocycles. The van der Waals surface area contributed by atoms with E-state index in [2.05, 4.69) is 5.32 Å². The zero-order chi connectivity index (χ0) is 20.5. The molecule has 0 fully saturated rings. The Bertz CT molecular complexity index is 805. The number of furan rings is 1. The van der Waals surface area contributed by atoms with E-state index in [1.165, 1.54) is 16.7 Å². The van der Waals surface area contributed by atoms with E-state index in [-0.39, 0.29) is 24.1 Å². The molecule has 2 amide bonds. The first-order valence-corrected chi connectivity index (χ1v) is 10.4. The zero-order valence-corrected chi connectivity index (χ0v) is 17.9. The van der Waals surface area contributed by atoms with E-state index in [1.807, 2.05) is 18.7 Å². The molecule has 0 aliphatic carbocycles. The maximum atomic E-state index is 12.6. The number of nitrogens with one attached hydrogen (secondary N) is 1. The average Bonchev–Trinajstić information content (AvgIpc) is 3.24. The lowest BCUT2D eigenvalue weighted by Gasteiger charge is -2.23. The van der Waals surface area contributed by atoms with Crippen molar-refractivity contribution in [1.29, 1.82) is 0 Å². The van der Waals surface area contributed by atoms with Crippen molar-refractivity contribution in [2.24, 2.45) is 0 Å². The van der Waals surface area contributed by atoms with Crippen molar-refractivity contribution >= 4 is 45.8 Å². The second kappa shape index (κ2) is 10.9. The van der Waals surface area contributed by atoms with Crippen molar-refractivity contribution in [1.82, 2.24) is 10.2 Å². The Morgan fingerprint density at radius 1 is 1.14 bits per heavy atom. The minimum atomic E-state index is -0.266. The summed E-state index contributed by atoms with van der Waals surface area (Å²) in [5.74, 6) is 0.495. The van der Waals surface area contributed by atoms with Crippen LogP contribution in [-0.4, -0.2) is 46.9 Å². The summed E-state index contributed by atoms with van der Waals surface area (Å²) < 4.78 is 5.93. The Morgan fingerprint density at radius 3 is 2.50 bits per heavy atom. The number of thioether (sulfide) groups is 1. The minimum absolute atomic E-state index is 0.120. The molecule has 0 radical (unpaired) electrons. The predicted octanol–water partition coefficient (Wildman–Crippen LogP) is 3.53. The molecule has 1 N–H and O–H groups in total. The third-order valence-electron chi connectivity index (χ3n) is 4.23. The molecule has 0 aliphatic heterocycles. The van der Waals surface area contributed by atoms with Gasteiger partial charge in [0.05, 0.1) is 29.8 Å². The number of amides is 2. The van der Waals surface area contributed by atoms with Gasteiger partial charge in [-0.2, -0.15) is 0 Å². The summed E-state index contributed by atoms with van der Waals surface area (Å²) in [6, 6.07) is 10.6. The van der Waals surface area contributed by atoms with Crippen LogP contribution in [0.4, 0.5) is 5.69 Å². The lowest BCUT2D eigenvalue weighted by molar-refractivity contribution is -0.115. The molecule has 0 aliphatic rings. The van der Waals surface area contributed by atoms with Crippen LogP contribution in [0, 0.1) is 0 Å². The van der Waals surface area contributed by atoms with Gasteiger partial charge in [0.2, 0.25) is 5.91 Å². The lowest BCUT2D eigenvalue weighted by atomic mass is 10.1. The van der Waals surface area contributed by atoms with Crippen molar-refractivity contribution in [3.63, 3.8) is 0 Å². The van der Waals surface area contributed by atoms with E-state index >= 15 is 0 Å². The van der Waals surface area contributed by atoms with Gasteiger partial charge >= 0.3 is 0 Å². The highest BCUT2D eigenvalue weighted by Crippen LogP contribution is 2.21. The summed E-state index contributed by atoms with van der Waals surface area (Å²) in [4.78, 5) is 28.8. The molecule has 2 rings (SSSR count). The predicted molar refractivity (Wildman–Crippen MR) is 118 cm³/mol. The van der Waals surface area contributed by atoms with Crippen LogP contribution < -0.4 is 10.2 Å². The van der Waals surface area contributed by atoms with E-state index in [0.717, 1.165) is 13.1 Å². The molecular formula is C20H25N3O3S2. The molecule has 28 heavy (non-hydrogen) atoms. The first-order valence-electron chi connectivity index (χ1n) is 9.05. The summed E-state index contributed by atoms with van der Waals surface area (Å²) in [6.07, 6.45) is 1.56. The Hall–Kier alpha value is -2.32. The fraction of sp³-hybridized carbons (Fsp3) is 0.350. The van der Waals surface area contributed by atoms with Crippen LogP contribution in [0.25, 0.3) is 0 Å². The van der Waals surface area contributed by atoms with E-state index in [1.54, 1.807) is 49.7 Å². The van der Waals surface area contributed by atoms with E-state index in [9.17, 15) is 9.59 Å². The van der Waals surface area contributed by atoms with Gasteiger partial charge in [-0.3, -0.25) is 9.59 Å². The maximum absolute atomic E-state index is 12.6. The molecule has 1 aromatic heterocycles. The van der Waals surface area contributed by atoms with Crippen LogP contribution in [0.15, 0.2) is 47.1 Å². The first kappa shape index (κ1) is 22.0. The van der Waals surface area contributed by atoms with Gasteiger partial charge in [-0.05, 0) is 38.1 Å². The number of hydrogen-bond donors (Lipinski definition) is 1. The van der Waals surface area contributed by atoms with Gasteiger partial charge in [0.1, 0.15) is 10.1 Å². The van der Waals surface area contributed by atoms with Gasteiger partial charge in [0.15, 0.2) is 0 Å². The average molecular weight is 420 g/mol. The normalized spacial score (nSPS) is 10.4. The summed E-state index contributed by atoms with van der Waals surface area (Å²) >= 11 is 6.72. The Labute approximate surface area is 175 Å². The van der Waals surface area contributed by atoms with Gasteiger partial charge in [0.25, 0.3) is 5.91 Å². The monoisotopic (exact) mass is 419 g/mol. The summed E-state index contributed by atoms with van der Waals surface area (Å²) in [7, 11) is 1.67. The minimum Gasteiger partial charge on any atom is -0.467 e. The summed E-state index contributed by atoms with van der Waals surface area (Å²) in [5.41, 5.74) is 0.986. The number of hydrogen-bond acceptors (Lipinski definition) is 5. The Balaban J connectivity index is 2.02. The highest BCUT2D eigenvalue weighted by atomic mass is 32.2. The van der Waals surface area contributed by atoms with Crippen LogP contribution in [0.1, 0.15) is 30.0 Å². The topological polar surface area (TPSA) is 65.8 Å².